The van der Waals surface area contributed by atoms with E-state index in [9.17, 15) is 0 Å². The zero-order chi connectivity index (χ0) is 16.7. The SMILES string of the molecule is CN=C(NCc1ccc(CN(C)C)cc1)NCc1ncc(C)s1. The van der Waals surface area contributed by atoms with Crippen molar-refractivity contribution in [1.29, 1.82) is 0 Å². The standard InChI is InChI=1S/C17H25N5S/c1-13-9-19-16(23-13)11-21-17(18-2)20-10-14-5-7-15(8-6-14)12-22(3)4/h5-9H,10-12H2,1-4H3,(H2,18,20,21). The summed E-state index contributed by atoms with van der Waals surface area (Å²) in [4.78, 5) is 12.0. The third-order valence-electron chi connectivity index (χ3n) is 3.28. The molecule has 6 heteroatoms. The van der Waals surface area contributed by atoms with Gasteiger partial charge >= 0.3 is 0 Å². The molecule has 1 aromatic carbocycles. The molecule has 2 aromatic rings. The number of guanidine groups is 1. The van der Waals surface area contributed by atoms with Gasteiger partial charge in [0, 0.05) is 31.2 Å². The van der Waals surface area contributed by atoms with Crippen LogP contribution in [0.4, 0.5) is 0 Å². The summed E-state index contributed by atoms with van der Waals surface area (Å²) in [5, 5.41) is 7.68. The minimum Gasteiger partial charge on any atom is -0.352 e. The smallest absolute Gasteiger partial charge is 0.191 e. The van der Waals surface area contributed by atoms with E-state index in [1.54, 1.807) is 18.4 Å². The first-order valence-corrected chi connectivity index (χ1v) is 8.47. The number of benzene rings is 1. The van der Waals surface area contributed by atoms with Gasteiger partial charge in [0.1, 0.15) is 5.01 Å². The van der Waals surface area contributed by atoms with E-state index >= 15 is 0 Å². The monoisotopic (exact) mass is 331 g/mol. The Bertz CT molecular complexity index is 631. The Morgan fingerprint density at radius 3 is 2.35 bits per heavy atom. The van der Waals surface area contributed by atoms with E-state index in [0.717, 1.165) is 24.1 Å². The Labute approximate surface area is 142 Å². The fourth-order valence-electron chi connectivity index (χ4n) is 2.18. The number of aliphatic imine (C=N–C) groups is 1. The van der Waals surface area contributed by atoms with E-state index in [1.807, 2.05) is 6.20 Å². The lowest BCUT2D eigenvalue weighted by atomic mass is 10.1. The summed E-state index contributed by atoms with van der Waals surface area (Å²) in [5.74, 6) is 0.787. The molecule has 1 aromatic heterocycles. The predicted molar refractivity (Wildman–Crippen MR) is 97.7 cm³/mol. The summed E-state index contributed by atoms with van der Waals surface area (Å²) in [6.45, 7) is 4.47. The molecule has 0 atom stereocenters. The van der Waals surface area contributed by atoms with Gasteiger partial charge in [-0.05, 0) is 32.1 Å². The van der Waals surface area contributed by atoms with Crippen molar-refractivity contribution in [1.82, 2.24) is 20.5 Å². The van der Waals surface area contributed by atoms with Crippen LogP contribution in [0.3, 0.4) is 0 Å². The van der Waals surface area contributed by atoms with E-state index in [4.69, 9.17) is 0 Å². The lowest BCUT2D eigenvalue weighted by Gasteiger charge is -2.12. The summed E-state index contributed by atoms with van der Waals surface area (Å²) in [6.07, 6.45) is 1.90. The van der Waals surface area contributed by atoms with Crippen molar-refractivity contribution in [2.75, 3.05) is 21.1 Å². The molecule has 0 spiro atoms. The van der Waals surface area contributed by atoms with Gasteiger partial charge in [0.25, 0.3) is 0 Å². The highest BCUT2D eigenvalue weighted by Crippen LogP contribution is 2.10. The first kappa shape index (κ1) is 17.4. The highest BCUT2D eigenvalue weighted by Gasteiger charge is 2.02. The Hall–Kier alpha value is -1.92. The summed E-state index contributed by atoms with van der Waals surface area (Å²) < 4.78 is 0. The first-order chi connectivity index (χ1) is 11.1. The van der Waals surface area contributed by atoms with Crippen molar-refractivity contribution < 1.29 is 0 Å². The van der Waals surface area contributed by atoms with Crippen LogP contribution in [0.1, 0.15) is 21.0 Å². The maximum absolute atomic E-state index is 4.34. The highest BCUT2D eigenvalue weighted by molar-refractivity contribution is 7.11. The molecule has 0 saturated heterocycles. The van der Waals surface area contributed by atoms with E-state index in [0.29, 0.717) is 6.54 Å². The van der Waals surface area contributed by atoms with Crippen molar-refractivity contribution in [3.05, 3.63) is 51.5 Å². The van der Waals surface area contributed by atoms with Gasteiger partial charge in [-0.25, -0.2) is 4.98 Å². The third kappa shape index (κ3) is 6.00. The van der Waals surface area contributed by atoms with Gasteiger partial charge in [0.2, 0.25) is 0 Å². The normalized spacial score (nSPS) is 11.8. The first-order valence-electron chi connectivity index (χ1n) is 7.65. The van der Waals surface area contributed by atoms with Crippen molar-refractivity contribution >= 4 is 17.3 Å². The molecular weight excluding hydrogens is 306 g/mol. The summed E-state index contributed by atoms with van der Waals surface area (Å²) in [7, 11) is 5.94. The van der Waals surface area contributed by atoms with Crippen LogP contribution >= 0.6 is 11.3 Å². The Balaban J connectivity index is 1.80. The lowest BCUT2D eigenvalue weighted by Crippen LogP contribution is -2.36. The van der Waals surface area contributed by atoms with Crippen molar-refractivity contribution in [3.63, 3.8) is 0 Å². The zero-order valence-corrected chi connectivity index (χ0v) is 15.1. The molecule has 0 amide bonds. The van der Waals surface area contributed by atoms with Crippen LogP contribution < -0.4 is 10.6 Å². The van der Waals surface area contributed by atoms with Gasteiger partial charge in [-0.2, -0.15) is 0 Å². The largest absolute Gasteiger partial charge is 0.352 e. The highest BCUT2D eigenvalue weighted by atomic mass is 32.1. The average Bonchev–Trinajstić information content (AvgIpc) is 2.94. The van der Waals surface area contributed by atoms with Gasteiger partial charge < -0.3 is 15.5 Å². The third-order valence-corrected chi connectivity index (χ3v) is 4.19. The summed E-state index contributed by atoms with van der Waals surface area (Å²) in [5.41, 5.74) is 2.56. The van der Waals surface area contributed by atoms with Crippen LogP contribution in [0.25, 0.3) is 0 Å². The topological polar surface area (TPSA) is 52.6 Å². The van der Waals surface area contributed by atoms with E-state index in [1.165, 1.54) is 16.0 Å². The maximum atomic E-state index is 4.34. The molecule has 1 heterocycles. The molecule has 0 aliphatic heterocycles. The minimum atomic E-state index is 0.694. The number of hydrogen-bond acceptors (Lipinski definition) is 4. The van der Waals surface area contributed by atoms with E-state index in [2.05, 4.69) is 70.8 Å². The molecule has 0 aliphatic carbocycles. The number of thiazole rings is 1. The molecule has 5 nitrogen and oxygen atoms in total. The van der Waals surface area contributed by atoms with Gasteiger partial charge in [0.05, 0.1) is 6.54 Å². The number of aromatic nitrogens is 1. The van der Waals surface area contributed by atoms with Crippen LogP contribution in [0, 0.1) is 6.92 Å². The molecule has 0 aliphatic rings. The minimum absolute atomic E-state index is 0.694. The molecule has 2 N–H and O–H groups in total. The lowest BCUT2D eigenvalue weighted by molar-refractivity contribution is 0.402. The average molecular weight is 331 g/mol. The van der Waals surface area contributed by atoms with E-state index < -0.39 is 0 Å². The number of hydrogen-bond donors (Lipinski definition) is 2. The van der Waals surface area contributed by atoms with E-state index in [-0.39, 0.29) is 0 Å². The van der Waals surface area contributed by atoms with Crippen LogP contribution in [-0.2, 0) is 19.6 Å². The molecule has 0 unspecified atom stereocenters. The maximum Gasteiger partial charge on any atom is 0.191 e. The number of nitrogens with zero attached hydrogens (tertiary/aromatic N) is 3. The fourth-order valence-corrected chi connectivity index (χ4v) is 2.90. The molecule has 0 saturated carbocycles. The quantitative estimate of drug-likeness (QED) is 0.630. The molecule has 0 fully saturated rings. The summed E-state index contributed by atoms with van der Waals surface area (Å²) >= 11 is 1.70. The molecule has 124 valence electrons. The number of rotatable bonds is 6. The second kappa shape index (κ2) is 8.64. The van der Waals surface area contributed by atoms with Gasteiger partial charge in [-0.3, -0.25) is 4.99 Å². The van der Waals surface area contributed by atoms with Crippen LogP contribution in [0.5, 0.6) is 0 Å². The van der Waals surface area contributed by atoms with Gasteiger partial charge in [-0.15, -0.1) is 11.3 Å². The molecule has 0 radical (unpaired) electrons. The zero-order valence-electron chi connectivity index (χ0n) is 14.3. The molecule has 0 bridgehead atoms. The molecular formula is C17H25N5S. The number of aryl methyl sites for hydroxylation is 1. The Morgan fingerprint density at radius 1 is 1.13 bits per heavy atom. The fraction of sp³-hybridized carbons (Fsp3) is 0.412. The van der Waals surface area contributed by atoms with Crippen LogP contribution in [0.2, 0.25) is 0 Å². The summed E-state index contributed by atoms with van der Waals surface area (Å²) in [6, 6.07) is 8.66. The van der Waals surface area contributed by atoms with Crippen LogP contribution in [0.15, 0.2) is 35.5 Å². The van der Waals surface area contributed by atoms with Crippen LogP contribution in [-0.4, -0.2) is 37.0 Å². The van der Waals surface area contributed by atoms with Crippen molar-refractivity contribution in [2.45, 2.75) is 26.6 Å². The Kier molecular flexibility index (Phi) is 6.55. The van der Waals surface area contributed by atoms with Gasteiger partial charge in [-0.1, -0.05) is 24.3 Å². The van der Waals surface area contributed by atoms with Gasteiger partial charge in [0.15, 0.2) is 5.96 Å². The predicted octanol–water partition coefficient (Wildman–Crippen LogP) is 2.38. The van der Waals surface area contributed by atoms with Crippen molar-refractivity contribution in [3.8, 4) is 0 Å². The van der Waals surface area contributed by atoms with Crippen molar-refractivity contribution in [2.24, 2.45) is 4.99 Å². The second-order valence-corrected chi connectivity index (χ2v) is 7.02. The molecule has 2 rings (SSSR count). The number of nitrogens with one attached hydrogen (secondary N) is 2. The Morgan fingerprint density at radius 2 is 1.78 bits per heavy atom. The second-order valence-electron chi connectivity index (χ2n) is 5.70. The molecule has 23 heavy (non-hydrogen) atoms.